The minimum atomic E-state index is -0.663. The maximum atomic E-state index is 10.8. The van der Waals surface area contributed by atoms with Crippen LogP contribution in [0.5, 0.6) is 0 Å². The third kappa shape index (κ3) is 3.59. The standard InChI is InChI=1S/C8H11N5O2/c1-2-15-8(14)13-12-7(9)6-5-10-3-4-11-6/h3-5H,2H2,1H3,(H2,9,12)(H,13,14). The molecule has 0 aliphatic carbocycles. The van der Waals surface area contributed by atoms with Crippen molar-refractivity contribution in [2.45, 2.75) is 6.92 Å². The first kappa shape index (κ1) is 10.9. The lowest BCUT2D eigenvalue weighted by Crippen LogP contribution is -2.25. The summed E-state index contributed by atoms with van der Waals surface area (Å²) in [6.45, 7) is 1.96. The average Bonchev–Trinajstić information content (AvgIpc) is 2.27. The van der Waals surface area contributed by atoms with Gasteiger partial charge < -0.3 is 10.5 Å². The molecule has 0 spiro atoms. The van der Waals surface area contributed by atoms with Gasteiger partial charge in [0.1, 0.15) is 5.69 Å². The number of carbonyl (C=O) groups excluding carboxylic acids is 1. The summed E-state index contributed by atoms with van der Waals surface area (Å²) >= 11 is 0. The molecule has 0 unspecified atom stereocenters. The number of carbonyl (C=O) groups is 1. The van der Waals surface area contributed by atoms with Crippen LogP contribution in [0.3, 0.4) is 0 Å². The van der Waals surface area contributed by atoms with Gasteiger partial charge in [-0.3, -0.25) is 4.98 Å². The minimum Gasteiger partial charge on any atom is -0.449 e. The molecule has 3 N–H and O–H groups in total. The van der Waals surface area contributed by atoms with E-state index >= 15 is 0 Å². The fourth-order valence-electron chi connectivity index (χ4n) is 0.758. The highest BCUT2D eigenvalue weighted by molar-refractivity contribution is 5.95. The van der Waals surface area contributed by atoms with E-state index in [0.717, 1.165) is 0 Å². The molecule has 0 saturated carbocycles. The smallest absolute Gasteiger partial charge is 0.427 e. The third-order valence-corrected chi connectivity index (χ3v) is 1.37. The molecule has 0 saturated heterocycles. The Hall–Kier alpha value is -2.18. The fourth-order valence-corrected chi connectivity index (χ4v) is 0.758. The van der Waals surface area contributed by atoms with Crippen LogP contribution in [0.4, 0.5) is 4.79 Å². The monoisotopic (exact) mass is 209 g/mol. The number of hydrogen-bond donors (Lipinski definition) is 2. The molecule has 0 radical (unpaired) electrons. The zero-order chi connectivity index (χ0) is 11.1. The van der Waals surface area contributed by atoms with Gasteiger partial charge in [-0.2, -0.15) is 5.10 Å². The zero-order valence-electron chi connectivity index (χ0n) is 8.17. The van der Waals surface area contributed by atoms with E-state index < -0.39 is 6.09 Å². The molecule has 0 aromatic carbocycles. The van der Waals surface area contributed by atoms with Crippen molar-refractivity contribution in [3.05, 3.63) is 24.3 Å². The van der Waals surface area contributed by atoms with Gasteiger partial charge in [0.2, 0.25) is 0 Å². The molecule has 1 amide bonds. The topological polar surface area (TPSA) is 102 Å². The molecule has 7 nitrogen and oxygen atoms in total. The number of amidine groups is 1. The van der Waals surface area contributed by atoms with Crippen LogP contribution in [-0.2, 0) is 4.74 Å². The van der Waals surface area contributed by atoms with Crippen LogP contribution in [0.2, 0.25) is 0 Å². The zero-order valence-corrected chi connectivity index (χ0v) is 8.17. The van der Waals surface area contributed by atoms with Gasteiger partial charge in [-0.25, -0.2) is 15.2 Å². The molecular weight excluding hydrogens is 198 g/mol. The second kappa shape index (κ2) is 5.53. The van der Waals surface area contributed by atoms with E-state index in [2.05, 4.69) is 25.2 Å². The SMILES string of the molecule is CCOC(=O)N/N=C(\N)c1cnccn1. The second-order valence-corrected chi connectivity index (χ2v) is 2.42. The van der Waals surface area contributed by atoms with E-state index in [-0.39, 0.29) is 12.4 Å². The maximum Gasteiger partial charge on any atom is 0.427 e. The molecule has 80 valence electrons. The van der Waals surface area contributed by atoms with Gasteiger partial charge in [0.25, 0.3) is 0 Å². The largest absolute Gasteiger partial charge is 0.449 e. The van der Waals surface area contributed by atoms with Crippen LogP contribution in [0.1, 0.15) is 12.6 Å². The Balaban J connectivity index is 2.57. The lowest BCUT2D eigenvalue weighted by molar-refractivity contribution is 0.152. The molecule has 0 atom stereocenters. The molecule has 0 aliphatic rings. The maximum absolute atomic E-state index is 10.8. The predicted molar refractivity (Wildman–Crippen MR) is 52.9 cm³/mol. The minimum absolute atomic E-state index is 0.0659. The Morgan fingerprint density at radius 1 is 1.67 bits per heavy atom. The van der Waals surface area contributed by atoms with Crippen molar-refractivity contribution in [1.82, 2.24) is 15.4 Å². The van der Waals surface area contributed by atoms with Gasteiger partial charge in [0, 0.05) is 12.4 Å². The van der Waals surface area contributed by atoms with Crippen molar-refractivity contribution in [3.8, 4) is 0 Å². The van der Waals surface area contributed by atoms with Crippen LogP contribution in [0.25, 0.3) is 0 Å². The van der Waals surface area contributed by atoms with Crippen LogP contribution in [0.15, 0.2) is 23.7 Å². The van der Waals surface area contributed by atoms with E-state index in [1.807, 2.05) is 0 Å². The number of nitrogens with zero attached hydrogens (tertiary/aromatic N) is 3. The summed E-state index contributed by atoms with van der Waals surface area (Å²) < 4.78 is 4.58. The number of nitrogens with two attached hydrogens (primary N) is 1. The quantitative estimate of drug-likeness (QED) is 0.409. The van der Waals surface area contributed by atoms with Crippen molar-refractivity contribution in [1.29, 1.82) is 0 Å². The number of rotatable bonds is 3. The number of hydrogen-bond acceptors (Lipinski definition) is 5. The summed E-state index contributed by atoms with van der Waals surface area (Å²) in [5, 5.41) is 3.58. The van der Waals surface area contributed by atoms with Gasteiger partial charge in [-0.05, 0) is 6.92 Å². The molecule has 0 aliphatic heterocycles. The first-order chi connectivity index (χ1) is 7.24. The van der Waals surface area contributed by atoms with E-state index in [9.17, 15) is 4.79 Å². The van der Waals surface area contributed by atoms with Gasteiger partial charge in [0.05, 0.1) is 12.8 Å². The van der Waals surface area contributed by atoms with Crippen molar-refractivity contribution in [3.63, 3.8) is 0 Å². The van der Waals surface area contributed by atoms with Crippen LogP contribution in [-0.4, -0.2) is 28.5 Å². The highest BCUT2D eigenvalue weighted by Gasteiger charge is 2.01. The van der Waals surface area contributed by atoms with E-state index in [1.165, 1.54) is 18.6 Å². The average molecular weight is 209 g/mol. The summed E-state index contributed by atoms with van der Waals surface area (Å²) in [4.78, 5) is 18.5. The first-order valence-electron chi connectivity index (χ1n) is 4.26. The Bertz CT molecular complexity index is 351. The Labute approximate surface area is 86.4 Å². The summed E-state index contributed by atoms with van der Waals surface area (Å²) in [5.74, 6) is 0.0659. The number of hydrazone groups is 1. The van der Waals surface area contributed by atoms with Gasteiger partial charge >= 0.3 is 6.09 Å². The van der Waals surface area contributed by atoms with Gasteiger partial charge in [-0.1, -0.05) is 0 Å². The number of ether oxygens (including phenoxy) is 1. The van der Waals surface area contributed by atoms with Crippen LogP contribution < -0.4 is 11.2 Å². The Morgan fingerprint density at radius 3 is 3.07 bits per heavy atom. The Kier molecular flexibility index (Phi) is 4.02. The molecule has 0 bridgehead atoms. The predicted octanol–water partition coefficient (Wildman–Crippen LogP) is -0.157. The normalized spacial score (nSPS) is 10.9. The van der Waals surface area contributed by atoms with Crippen molar-refractivity contribution in [2.75, 3.05) is 6.61 Å². The Morgan fingerprint density at radius 2 is 2.47 bits per heavy atom. The van der Waals surface area contributed by atoms with E-state index in [1.54, 1.807) is 6.92 Å². The lowest BCUT2D eigenvalue weighted by Gasteiger charge is -2.01. The van der Waals surface area contributed by atoms with E-state index in [4.69, 9.17) is 5.73 Å². The van der Waals surface area contributed by atoms with E-state index in [0.29, 0.717) is 5.69 Å². The van der Waals surface area contributed by atoms with Crippen molar-refractivity contribution < 1.29 is 9.53 Å². The summed E-state index contributed by atoms with van der Waals surface area (Å²) in [5.41, 5.74) is 8.02. The molecule has 1 aromatic rings. The summed E-state index contributed by atoms with van der Waals surface area (Å²) in [6, 6.07) is 0. The number of amides is 1. The summed E-state index contributed by atoms with van der Waals surface area (Å²) in [7, 11) is 0. The molecule has 7 heteroatoms. The van der Waals surface area contributed by atoms with Crippen LogP contribution >= 0.6 is 0 Å². The van der Waals surface area contributed by atoms with Gasteiger partial charge in [-0.15, -0.1) is 0 Å². The first-order valence-corrected chi connectivity index (χ1v) is 4.26. The summed E-state index contributed by atoms with van der Waals surface area (Å²) in [6.07, 6.45) is 3.76. The molecule has 0 fully saturated rings. The molecular formula is C8H11N5O2. The molecule has 1 heterocycles. The number of nitrogens with one attached hydrogen (secondary N) is 1. The van der Waals surface area contributed by atoms with Gasteiger partial charge in [0.15, 0.2) is 5.84 Å². The van der Waals surface area contributed by atoms with Crippen LogP contribution in [0, 0.1) is 0 Å². The molecule has 1 rings (SSSR count). The van der Waals surface area contributed by atoms with Crippen molar-refractivity contribution >= 4 is 11.9 Å². The fraction of sp³-hybridized carbons (Fsp3) is 0.250. The number of aromatic nitrogens is 2. The highest BCUT2D eigenvalue weighted by atomic mass is 16.5. The molecule has 15 heavy (non-hydrogen) atoms. The lowest BCUT2D eigenvalue weighted by atomic mass is 10.4. The molecule has 1 aromatic heterocycles. The second-order valence-electron chi connectivity index (χ2n) is 2.42. The van der Waals surface area contributed by atoms with Crippen molar-refractivity contribution in [2.24, 2.45) is 10.8 Å². The highest BCUT2D eigenvalue weighted by Crippen LogP contribution is 1.88. The third-order valence-electron chi connectivity index (χ3n) is 1.37.